The van der Waals surface area contributed by atoms with E-state index in [9.17, 15) is 0 Å². The summed E-state index contributed by atoms with van der Waals surface area (Å²) < 4.78 is 7.50. The van der Waals surface area contributed by atoms with Crippen LogP contribution in [0.25, 0.3) is 0 Å². The normalized spacial score (nSPS) is 14.6. The number of nitrogens with one attached hydrogen (secondary N) is 1. The average molecular weight is 257 g/mol. The summed E-state index contributed by atoms with van der Waals surface area (Å²) in [5.74, 6) is 1.63. The molecule has 1 aromatic heterocycles. The Hall–Kier alpha value is -1.81. The standard InChI is InChI=1S/C15H19N3O/c1-11-7-14(19-15-9-17-18(2)10-15)6-3-12(11)8-16-13-4-5-13/h3,6-7,9-10,13,16H,4-5,8H2,1-2H3. The van der Waals surface area contributed by atoms with E-state index in [0.717, 1.165) is 24.1 Å². The van der Waals surface area contributed by atoms with Crippen molar-refractivity contribution in [3.05, 3.63) is 41.7 Å². The molecule has 0 amide bonds. The maximum Gasteiger partial charge on any atom is 0.165 e. The molecule has 100 valence electrons. The molecule has 0 saturated heterocycles. The number of hydrogen-bond acceptors (Lipinski definition) is 3. The summed E-state index contributed by atoms with van der Waals surface area (Å²) in [5.41, 5.74) is 2.60. The van der Waals surface area contributed by atoms with Gasteiger partial charge in [-0.3, -0.25) is 4.68 Å². The summed E-state index contributed by atoms with van der Waals surface area (Å²) in [6.07, 6.45) is 6.22. The van der Waals surface area contributed by atoms with E-state index in [4.69, 9.17) is 4.74 Å². The Morgan fingerprint density at radius 3 is 2.84 bits per heavy atom. The molecule has 3 rings (SSSR count). The second kappa shape index (κ2) is 5.05. The van der Waals surface area contributed by atoms with Gasteiger partial charge in [-0.15, -0.1) is 0 Å². The summed E-state index contributed by atoms with van der Waals surface area (Å²) in [6.45, 7) is 3.07. The molecule has 2 aromatic rings. The fraction of sp³-hybridized carbons (Fsp3) is 0.400. The van der Waals surface area contributed by atoms with E-state index < -0.39 is 0 Å². The van der Waals surface area contributed by atoms with Crippen LogP contribution in [0, 0.1) is 6.92 Å². The Morgan fingerprint density at radius 2 is 2.21 bits per heavy atom. The van der Waals surface area contributed by atoms with Crippen molar-refractivity contribution < 1.29 is 4.74 Å². The van der Waals surface area contributed by atoms with Crippen molar-refractivity contribution >= 4 is 0 Å². The van der Waals surface area contributed by atoms with Gasteiger partial charge in [-0.1, -0.05) is 6.07 Å². The van der Waals surface area contributed by atoms with Crippen molar-refractivity contribution in [3.8, 4) is 11.5 Å². The molecule has 1 aliphatic carbocycles. The maximum absolute atomic E-state index is 5.77. The van der Waals surface area contributed by atoms with E-state index in [-0.39, 0.29) is 0 Å². The number of ether oxygens (including phenoxy) is 1. The van der Waals surface area contributed by atoms with Gasteiger partial charge in [-0.2, -0.15) is 5.10 Å². The molecule has 1 aromatic carbocycles. The molecule has 0 atom stereocenters. The molecule has 1 heterocycles. The molecular weight excluding hydrogens is 238 g/mol. The summed E-state index contributed by atoms with van der Waals surface area (Å²) in [6, 6.07) is 6.97. The minimum atomic E-state index is 0.741. The molecule has 0 unspecified atom stereocenters. The van der Waals surface area contributed by atoms with Crippen LogP contribution in [0.1, 0.15) is 24.0 Å². The summed E-state index contributed by atoms with van der Waals surface area (Å²) in [5, 5.41) is 7.62. The zero-order valence-corrected chi connectivity index (χ0v) is 11.4. The summed E-state index contributed by atoms with van der Waals surface area (Å²) in [4.78, 5) is 0. The predicted octanol–water partition coefficient (Wildman–Crippen LogP) is 2.77. The maximum atomic E-state index is 5.77. The van der Waals surface area contributed by atoms with Gasteiger partial charge in [0, 0.05) is 19.6 Å². The summed E-state index contributed by atoms with van der Waals surface area (Å²) in [7, 11) is 1.88. The first-order valence-corrected chi connectivity index (χ1v) is 6.70. The molecule has 0 spiro atoms. The highest BCUT2D eigenvalue weighted by atomic mass is 16.5. The summed E-state index contributed by atoms with van der Waals surface area (Å²) >= 11 is 0. The minimum absolute atomic E-state index is 0.741. The smallest absolute Gasteiger partial charge is 0.165 e. The Kier molecular flexibility index (Phi) is 3.25. The minimum Gasteiger partial charge on any atom is -0.454 e. The number of hydrogen-bond donors (Lipinski definition) is 1. The van der Waals surface area contributed by atoms with Crippen molar-refractivity contribution in [1.82, 2.24) is 15.1 Å². The van der Waals surface area contributed by atoms with Crippen LogP contribution >= 0.6 is 0 Å². The van der Waals surface area contributed by atoms with Crippen LogP contribution in [0.5, 0.6) is 11.5 Å². The molecule has 4 nitrogen and oxygen atoms in total. The average Bonchev–Trinajstić information content (AvgIpc) is 3.12. The topological polar surface area (TPSA) is 39.1 Å². The van der Waals surface area contributed by atoms with E-state index in [0.29, 0.717) is 0 Å². The monoisotopic (exact) mass is 257 g/mol. The van der Waals surface area contributed by atoms with Crippen molar-refractivity contribution in [2.24, 2.45) is 7.05 Å². The SMILES string of the molecule is Cc1cc(Oc2cnn(C)c2)ccc1CNC1CC1. The van der Waals surface area contributed by atoms with Crippen molar-refractivity contribution in [2.45, 2.75) is 32.4 Å². The lowest BCUT2D eigenvalue weighted by atomic mass is 10.1. The number of nitrogens with zero attached hydrogens (tertiary/aromatic N) is 2. The molecule has 1 saturated carbocycles. The first kappa shape index (κ1) is 12.2. The zero-order chi connectivity index (χ0) is 13.2. The highest BCUT2D eigenvalue weighted by Gasteiger charge is 2.20. The fourth-order valence-corrected chi connectivity index (χ4v) is 2.06. The van der Waals surface area contributed by atoms with E-state index in [1.807, 2.05) is 19.3 Å². The van der Waals surface area contributed by atoms with Crippen LogP contribution < -0.4 is 10.1 Å². The second-order valence-corrected chi connectivity index (χ2v) is 5.20. The van der Waals surface area contributed by atoms with Gasteiger partial charge < -0.3 is 10.1 Å². The van der Waals surface area contributed by atoms with Crippen molar-refractivity contribution in [3.63, 3.8) is 0 Å². The molecule has 19 heavy (non-hydrogen) atoms. The lowest BCUT2D eigenvalue weighted by molar-refractivity contribution is 0.481. The van der Waals surface area contributed by atoms with Gasteiger partial charge in [0.2, 0.25) is 0 Å². The second-order valence-electron chi connectivity index (χ2n) is 5.20. The van der Waals surface area contributed by atoms with Gasteiger partial charge >= 0.3 is 0 Å². The third-order valence-electron chi connectivity index (χ3n) is 3.39. The zero-order valence-electron chi connectivity index (χ0n) is 11.4. The van der Waals surface area contributed by atoms with Crippen LogP contribution in [0.15, 0.2) is 30.6 Å². The first-order valence-electron chi connectivity index (χ1n) is 6.70. The van der Waals surface area contributed by atoms with E-state index in [2.05, 4.69) is 29.5 Å². The van der Waals surface area contributed by atoms with E-state index >= 15 is 0 Å². The molecule has 1 aliphatic rings. The first-order chi connectivity index (χ1) is 9.20. The lowest BCUT2D eigenvalue weighted by Crippen LogP contribution is -2.15. The largest absolute Gasteiger partial charge is 0.454 e. The van der Waals surface area contributed by atoms with E-state index in [1.165, 1.54) is 24.0 Å². The third-order valence-corrected chi connectivity index (χ3v) is 3.39. The van der Waals surface area contributed by atoms with Crippen LogP contribution in [-0.2, 0) is 13.6 Å². The Labute approximate surface area is 113 Å². The molecule has 0 radical (unpaired) electrons. The quantitative estimate of drug-likeness (QED) is 0.895. The number of benzene rings is 1. The van der Waals surface area contributed by atoms with Crippen LogP contribution in [-0.4, -0.2) is 15.8 Å². The van der Waals surface area contributed by atoms with Gasteiger partial charge in [-0.05, 0) is 43.0 Å². The molecule has 1 N–H and O–H groups in total. The van der Waals surface area contributed by atoms with Gasteiger partial charge in [0.15, 0.2) is 5.75 Å². The molecule has 0 aliphatic heterocycles. The van der Waals surface area contributed by atoms with Crippen LogP contribution in [0.2, 0.25) is 0 Å². The molecule has 4 heteroatoms. The molecule has 0 bridgehead atoms. The molecule has 1 fully saturated rings. The Balaban J connectivity index is 1.67. The lowest BCUT2D eigenvalue weighted by Gasteiger charge is -2.09. The van der Waals surface area contributed by atoms with Gasteiger partial charge in [0.25, 0.3) is 0 Å². The van der Waals surface area contributed by atoms with E-state index in [1.54, 1.807) is 10.9 Å². The number of aromatic nitrogens is 2. The molecular formula is C15H19N3O. The van der Waals surface area contributed by atoms with Crippen molar-refractivity contribution in [2.75, 3.05) is 0 Å². The van der Waals surface area contributed by atoms with Gasteiger partial charge in [0.1, 0.15) is 5.75 Å². The number of rotatable bonds is 5. The highest BCUT2D eigenvalue weighted by Crippen LogP contribution is 2.24. The van der Waals surface area contributed by atoms with Crippen molar-refractivity contribution in [1.29, 1.82) is 0 Å². The Morgan fingerprint density at radius 1 is 1.37 bits per heavy atom. The van der Waals surface area contributed by atoms with Gasteiger partial charge in [-0.25, -0.2) is 0 Å². The van der Waals surface area contributed by atoms with Gasteiger partial charge in [0.05, 0.1) is 12.4 Å². The third kappa shape index (κ3) is 3.15. The fourth-order valence-electron chi connectivity index (χ4n) is 2.06. The Bertz CT molecular complexity index is 573. The van der Waals surface area contributed by atoms with Crippen LogP contribution in [0.3, 0.4) is 0 Å². The van der Waals surface area contributed by atoms with Crippen LogP contribution in [0.4, 0.5) is 0 Å². The predicted molar refractivity (Wildman–Crippen MR) is 74.3 cm³/mol. The number of aryl methyl sites for hydroxylation is 2. The highest BCUT2D eigenvalue weighted by molar-refractivity contribution is 5.37.